The van der Waals surface area contributed by atoms with Crippen LogP contribution in [0.2, 0.25) is 0 Å². The molecule has 1 aliphatic heterocycles. The average molecular weight is 432 g/mol. The molecule has 1 amide bonds. The average Bonchev–Trinajstić information content (AvgIpc) is 3.23. The van der Waals surface area contributed by atoms with Crippen LogP contribution in [0.15, 0.2) is 66.9 Å². The Morgan fingerprint density at radius 3 is 2.55 bits per heavy atom. The van der Waals surface area contributed by atoms with E-state index in [-0.39, 0.29) is 5.91 Å². The molecule has 7 heteroatoms. The van der Waals surface area contributed by atoms with Crippen LogP contribution < -0.4 is 14.4 Å². The quantitative estimate of drug-likeness (QED) is 0.466. The fourth-order valence-corrected chi connectivity index (χ4v) is 4.68. The number of ether oxygens (including phenoxy) is 2. The normalized spacial score (nSPS) is 17.5. The van der Waals surface area contributed by atoms with Crippen molar-refractivity contribution in [3.8, 4) is 11.5 Å². The molecule has 0 aliphatic carbocycles. The molecule has 0 fully saturated rings. The number of anilines is 1. The van der Waals surface area contributed by atoms with Crippen molar-refractivity contribution in [3.05, 3.63) is 78.1 Å². The summed E-state index contributed by atoms with van der Waals surface area (Å²) in [7, 11) is 0. The number of para-hydroxylation sites is 3. The highest BCUT2D eigenvalue weighted by Crippen LogP contribution is 2.36. The van der Waals surface area contributed by atoms with Crippen molar-refractivity contribution < 1.29 is 14.3 Å². The molecule has 2 atom stereocenters. The van der Waals surface area contributed by atoms with Gasteiger partial charge in [-0.3, -0.25) is 14.7 Å². The summed E-state index contributed by atoms with van der Waals surface area (Å²) in [5.74, 6) is 1.01. The number of rotatable bonds is 4. The first-order chi connectivity index (χ1) is 15.1. The highest BCUT2D eigenvalue weighted by atomic mass is 32.1. The lowest BCUT2D eigenvalue weighted by Gasteiger charge is -2.33. The van der Waals surface area contributed by atoms with Crippen LogP contribution in [-0.4, -0.2) is 28.1 Å². The van der Waals surface area contributed by atoms with E-state index >= 15 is 0 Å². The minimum Gasteiger partial charge on any atom is -0.482 e. The number of carbonyl (C=O) groups is 1. The third kappa shape index (κ3) is 3.72. The van der Waals surface area contributed by atoms with Gasteiger partial charge in [-0.1, -0.05) is 41.7 Å². The molecule has 156 valence electrons. The first-order valence-corrected chi connectivity index (χ1v) is 10.9. The van der Waals surface area contributed by atoms with Crippen molar-refractivity contribution in [2.75, 3.05) is 4.90 Å². The van der Waals surface area contributed by atoms with Crippen LogP contribution in [0.1, 0.15) is 18.2 Å². The first kappa shape index (κ1) is 19.5. The van der Waals surface area contributed by atoms with E-state index in [4.69, 9.17) is 14.5 Å². The molecular weight excluding hydrogens is 410 g/mol. The van der Waals surface area contributed by atoms with Crippen LogP contribution in [0.5, 0.6) is 11.5 Å². The molecule has 0 saturated carbocycles. The fraction of sp³-hybridized carbons (Fsp3) is 0.208. The van der Waals surface area contributed by atoms with Gasteiger partial charge in [0.15, 0.2) is 16.6 Å². The summed E-state index contributed by atoms with van der Waals surface area (Å²) in [5.41, 5.74) is 2.75. The second-order valence-corrected chi connectivity index (χ2v) is 8.48. The number of benzene rings is 2. The summed E-state index contributed by atoms with van der Waals surface area (Å²) in [4.78, 5) is 24.6. The molecule has 0 radical (unpaired) electrons. The van der Waals surface area contributed by atoms with Crippen molar-refractivity contribution in [3.63, 3.8) is 0 Å². The van der Waals surface area contributed by atoms with Crippen molar-refractivity contribution >= 4 is 32.6 Å². The highest BCUT2D eigenvalue weighted by molar-refractivity contribution is 7.22. The third-order valence-corrected chi connectivity index (χ3v) is 6.28. The number of hydrogen-bond donors (Lipinski definition) is 0. The smallest absolute Gasteiger partial charge is 0.274 e. The summed E-state index contributed by atoms with van der Waals surface area (Å²) in [6.07, 6.45) is 0.496. The second kappa shape index (κ2) is 8.00. The largest absolute Gasteiger partial charge is 0.482 e. The summed E-state index contributed by atoms with van der Waals surface area (Å²) in [6.45, 7) is 4.17. The minimum absolute atomic E-state index is 0.204. The van der Waals surface area contributed by atoms with Crippen LogP contribution in [0.25, 0.3) is 10.2 Å². The lowest BCUT2D eigenvalue weighted by molar-refractivity contribution is -0.130. The van der Waals surface area contributed by atoms with E-state index in [1.165, 1.54) is 11.3 Å². The molecule has 5 rings (SSSR count). The molecule has 0 bridgehead atoms. The van der Waals surface area contributed by atoms with Crippen molar-refractivity contribution in [1.29, 1.82) is 0 Å². The number of nitrogens with zero attached hydrogens (tertiary/aromatic N) is 3. The van der Waals surface area contributed by atoms with E-state index in [0.717, 1.165) is 21.5 Å². The predicted molar refractivity (Wildman–Crippen MR) is 121 cm³/mol. The molecule has 0 spiro atoms. The van der Waals surface area contributed by atoms with Crippen LogP contribution in [0.4, 0.5) is 5.13 Å². The van der Waals surface area contributed by atoms with Gasteiger partial charge in [-0.15, -0.1) is 0 Å². The standard InChI is InChI=1S/C24H21N3O3S/c1-15-8-7-12-20-21(15)26-24(31-20)27(14-17-9-5-6-13-25-17)23(28)22-16(2)29-18-10-3-4-11-19(18)30-22/h3-13,16,22H,14H2,1-2H3. The number of amides is 1. The van der Waals surface area contributed by atoms with Crippen LogP contribution in [0, 0.1) is 6.92 Å². The van der Waals surface area contributed by atoms with Gasteiger partial charge in [0.05, 0.1) is 22.5 Å². The zero-order valence-corrected chi connectivity index (χ0v) is 18.0. The van der Waals surface area contributed by atoms with Gasteiger partial charge in [-0.25, -0.2) is 4.98 Å². The van der Waals surface area contributed by atoms with Gasteiger partial charge in [0.2, 0.25) is 6.10 Å². The maximum atomic E-state index is 13.7. The van der Waals surface area contributed by atoms with E-state index < -0.39 is 12.2 Å². The van der Waals surface area contributed by atoms with Crippen LogP contribution in [0.3, 0.4) is 0 Å². The Morgan fingerprint density at radius 1 is 1.03 bits per heavy atom. The van der Waals surface area contributed by atoms with Crippen LogP contribution in [-0.2, 0) is 11.3 Å². The number of hydrogen-bond acceptors (Lipinski definition) is 6. The number of aromatic nitrogens is 2. The van der Waals surface area contributed by atoms with Gasteiger partial charge in [0.25, 0.3) is 5.91 Å². The molecule has 2 aromatic carbocycles. The van der Waals surface area contributed by atoms with Gasteiger partial charge in [-0.05, 0) is 49.7 Å². The Bertz CT molecular complexity index is 1240. The van der Waals surface area contributed by atoms with E-state index in [2.05, 4.69) is 4.98 Å². The molecule has 0 N–H and O–H groups in total. The van der Waals surface area contributed by atoms with Crippen molar-refractivity contribution in [2.45, 2.75) is 32.6 Å². The van der Waals surface area contributed by atoms with E-state index in [0.29, 0.717) is 23.2 Å². The molecule has 6 nitrogen and oxygen atoms in total. The Hall–Kier alpha value is -3.45. The molecule has 4 aromatic rings. The van der Waals surface area contributed by atoms with Gasteiger partial charge >= 0.3 is 0 Å². The molecule has 2 aromatic heterocycles. The zero-order chi connectivity index (χ0) is 21.4. The number of pyridine rings is 1. The summed E-state index contributed by atoms with van der Waals surface area (Å²) < 4.78 is 13.1. The summed E-state index contributed by atoms with van der Waals surface area (Å²) in [6, 6.07) is 19.1. The Morgan fingerprint density at radius 2 is 1.81 bits per heavy atom. The monoisotopic (exact) mass is 431 g/mol. The highest BCUT2D eigenvalue weighted by Gasteiger charge is 2.38. The molecule has 3 heterocycles. The van der Waals surface area contributed by atoms with E-state index in [1.54, 1.807) is 11.1 Å². The number of carbonyl (C=O) groups excluding carboxylic acids is 1. The molecule has 1 aliphatic rings. The van der Waals surface area contributed by atoms with Crippen LogP contribution >= 0.6 is 11.3 Å². The van der Waals surface area contributed by atoms with Gasteiger partial charge in [0, 0.05) is 6.20 Å². The molecule has 2 unspecified atom stereocenters. The van der Waals surface area contributed by atoms with Gasteiger partial charge < -0.3 is 9.47 Å². The van der Waals surface area contributed by atoms with Gasteiger partial charge in [-0.2, -0.15) is 0 Å². The third-order valence-electron chi connectivity index (χ3n) is 5.24. The second-order valence-electron chi connectivity index (χ2n) is 7.47. The molecule has 31 heavy (non-hydrogen) atoms. The Labute approximate surface area is 184 Å². The van der Waals surface area contributed by atoms with Crippen molar-refractivity contribution in [1.82, 2.24) is 9.97 Å². The lowest BCUT2D eigenvalue weighted by atomic mass is 10.1. The molecular formula is C24H21N3O3S. The number of fused-ring (bicyclic) bond motifs is 2. The fourth-order valence-electron chi connectivity index (χ4n) is 3.63. The zero-order valence-electron chi connectivity index (χ0n) is 17.2. The van der Waals surface area contributed by atoms with Crippen molar-refractivity contribution in [2.24, 2.45) is 0 Å². The Kier molecular flexibility index (Phi) is 5.03. The predicted octanol–water partition coefficient (Wildman–Crippen LogP) is 4.76. The first-order valence-electron chi connectivity index (χ1n) is 10.1. The number of thiazole rings is 1. The topological polar surface area (TPSA) is 64.6 Å². The maximum Gasteiger partial charge on any atom is 0.274 e. The minimum atomic E-state index is -0.785. The SMILES string of the molecule is Cc1cccc2sc(N(Cc3ccccn3)C(=O)C3Oc4ccccc4OC3C)nc12. The van der Waals surface area contributed by atoms with Gasteiger partial charge in [0.1, 0.15) is 6.10 Å². The lowest BCUT2D eigenvalue weighted by Crippen LogP contribution is -2.50. The maximum absolute atomic E-state index is 13.7. The molecule has 0 saturated heterocycles. The van der Waals surface area contributed by atoms with E-state index in [1.807, 2.05) is 74.5 Å². The Balaban J connectivity index is 1.53. The summed E-state index contributed by atoms with van der Waals surface area (Å²) in [5, 5.41) is 0.620. The summed E-state index contributed by atoms with van der Waals surface area (Å²) >= 11 is 1.49. The van der Waals surface area contributed by atoms with E-state index in [9.17, 15) is 4.79 Å². The number of aryl methyl sites for hydroxylation is 1.